The SMILES string of the molecule is CCOc1ccc(S(=O)(=O)N(CC(=O)NCc2ccc(F)cc2)c2ccccc2)cc1. The predicted octanol–water partition coefficient (Wildman–Crippen LogP) is 3.74. The van der Waals surface area contributed by atoms with E-state index in [4.69, 9.17) is 4.74 Å². The van der Waals surface area contributed by atoms with E-state index in [1.807, 2.05) is 6.92 Å². The van der Waals surface area contributed by atoms with Crippen molar-refractivity contribution in [1.29, 1.82) is 0 Å². The predicted molar refractivity (Wildman–Crippen MR) is 117 cm³/mol. The van der Waals surface area contributed by atoms with Gasteiger partial charge >= 0.3 is 0 Å². The molecule has 3 aromatic carbocycles. The number of hydrogen-bond acceptors (Lipinski definition) is 4. The summed E-state index contributed by atoms with van der Waals surface area (Å²) in [4.78, 5) is 12.6. The van der Waals surface area contributed by atoms with Gasteiger partial charge in [0, 0.05) is 6.54 Å². The molecule has 0 aliphatic heterocycles. The third-order valence-electron chi connectivity index (χ3n) is 4.46. The summed E-state index contributed by atoms with van der Waals surface area (Å²) in [7, 11) is -4.00. The van der Waals surface area contributed by atoms with Gasteiger partial charge in [-0.15, -0.1) is 0 Å². The first-order valence-electron chi connectivity index (χ1n) is 9.72. The van der Waals surface area contributed by atoms with Gasteiger partial charge in [-0.25, -0.2) is 12.8 Å². The number of nitrogens with zero attached hydrogens (tertiary/aromatic N) is 1. The Labute approximate surface area is 181 Å². The summed E-state index contributed by atoms with van der Waals surface area (Å²) in [5.74, 6) is -0.292. The van der Waals surface area contributed by atoms with Gasteiger partial charge in [0.25, 0.3) is 10.0 Å². The number of amides is 1. The van der Waals surface area contributed by atoms with E-state index in [-0.39, 0.29) is 17.3 Å². The standard InChI is InChI=1S/C23H23FN2O4S/c1-2-30-21-12-14-22(15-13-21)31(28,29)26(20-6-4-3-5-7-20)17-23(27)25-16-18-8-10-19(24)11-9-18/h3-15H,2,16-17H2,1H3,(H,25,27). The highest BCUT2D eigenvalue weighted by molar-refractivity contribution is 7.92. The van der Waals surface area contributed by atoms with E-state index in [1.54, 1.807) is 54.6 Å². The molecule has 0 saturated carbocycles. The van der Waals surface area contributed by atoms with Crippen molar-refractivity contribution in [3.63, 3.8) is 0 Å². The first-order chi connectivity index (χ1) is 14.9. The summed E-state index contributed by atoms with van der Waals surface area (Å²) in [6, 6.07) is 20.2. The number of rotatable bonds is 9. The fraction of sp³-hybridized carbons (Fsp3) is 0.174. The summed E-state index contributed by atoms with van der Waals surface area (Å²) in [5.41, 5.74) is 1.07. The number of halogens is 1. The second-order valence-corrected chi connectivity index (χ2v) is 8.52. The van der Waals surface area contributed by atoms with Gasteiger partial charge < -0.3 is 10.1 Å². The number of anilines is 1. The normalized spacial score (nSPS) is 11.0. The Hall–Kier alpha value is -3.39. The van der Waals surface area contributed by atoms with Gasteiger partial charge in [0.05, 0.1) is 17.2 Å². The van der Waals surface area contributed by atoms with E-state index in [0.29, 0.717) is 23.6 Å². The van der Waals surface area contributed by atoms with Gasteiger partial charge in [-0.2, -0.15) is 0 Å². The molecule has 0 fully saturated rings. The molecule has 0 aliphatic rings. The van der Waals surface area contributed by atoms with Crippen molar-refractivity contribution < 1.29 is 22.3 Å². The highest BCUT2D eigenvalue weighted by Crippen LogP contribution is 2.25. The van der Waals surface area contributed by atoms with Crippen molar-refractivity contribution in [2.75, 3.05) is 17.5 Å². The van der Waals surface area contributed by atoms with Crippen LogP contribution in [-0.4, -0.2) is 27.5 Å². The number of sulfonamides is 1. The first kappa shape index (κ1) is 22.3. The van der Waals surface area contributed by atoms with Crippen LogP contribution in [0.15, 0.2) is 83.8 Å². The van der Waals surface area contributed by atoms with Crippen LogP contribution in [-0.2, 0) is 21.4 Å². The Morgan fingerprint density at radius 2 is 1.61 bits per heavy atom. The largest absolute Gasteiger partial charge is 0.494 e. The van der Waals surface area contributed by atoms with Crippen molar-refractivity contribution in [2.45, 2.75) is 18.4 Å². The first-order valence-corrected chi connectivity index (χ1v) is 11.2. The van der Waals surface area contributed by atoms with Gasteiger partial charge in [-0.05, 0) is 61.0 Å². The number of hydrogen-bond donors (Lipinski definition) is 1. The van der Waals surface area contributed by atoms with Crippen LogP contribution in [0.5, 0.6) is 5.75 Å². The Morgan fingerprint density at radius 1 is 0.968 bits per heavy atom. The molecule has 0 unspecified atom stereocenters. The number of benzene rings is 3. The van der Waals surface area contributed by atoms with Crippen LogP contribution in [0, 0.1) is 5.82 Å². The number of para-hydroxylation sites is 1. The summed E-state index contributed by atoms with van der Waals surface area (Å²) in [6.45, 7) is 2.06. The monoisotopic (exact) mass is 442 g/mol. The highest BCUT2D eigenvalue weighted by Gasteiger charge is 2.27. The quantitative estimate of drug-likeness (QED) is 0.548. The van der Waals surface area contributed by atoms with E-state index >= 15 is 0 Å². The highest BCUT2D eigenvalue weighted by atomic mass is 32.2. The van der Waals surface area contributed by atoms with Crippen LogP contribution in [0.1, 0.15) is 12.5 Å². The molecule has 162 valence electrons. The molecule has 0 atom stereocenters. The molecule has 1 amide bonds. The molecule has 0 saturated heterocycles. The van der Waals surface area contributed by atoms with Crippen LogP contribution in [0.2, 0.25) is 0 Å². The van der Waals surface area contributed by atoms with Gasteiger partial charge in [0.2, 0.25) is 5.91 Å². The molecule has 0 spiro atoms. The average molecular weight is 443 g/mol. The van der Waals surface area contributed by atoms with Crippen LogP contribution in [0.4, 0.5) is 10.1 Å². The lowest BCUT2D eigenvalue weighted by molar-refractivity contribution is -0.119. The molecule has 3 rings (SSSR count). The second kappa shape index (κ2) is 10.1. The lowest BCUT2D eigenvalue weighted by Gasteiger charge is -2.24. The van der Waals surface area contributed by atoms with Crippen molar-refractivity contribution in [1.82, 2.24) is 5.32 Å². The third-order valence-corrected chi connectivity index (χ3v) is 6.25. The molecule has 31 heavy (non-hydrogen) atoms. The van der Waals surface area contributed by atoms with Crippen molar-refractivity contribution in [3.05, 3.63) is 90.2 Å². The van der Waals surface area contributed by atoms with Gasteiger partial charge in [-0.1, -0.05) is 30.3 Å². The zero-order valence-electron chi connectivity index (χ0n) is 17.0. The molecule has 3 aromatic rings. The lowest BCUT2D eigenvalue weighted by atomic mass is 10.2. The van der Waals surface area contributed by atoms with Gasteiger partial charge in [0.15, 0.2) is 0 Å². The maximum absolute atomic E-state index is 13.3. The van der Waals surface area contributed by atoms with Crippen molar-refractivity contribution in [3.8, 4) is 5.75 Å². The minimum absolute atomic E-state index is 0.0474. The average Bonchev–Trinajstić information content (AvgIpc) is 2.78. The van der Waals surface area contributed by atoms with Gasteiger partial charge in [0.1, 0.15) is 18.1 Å². The number of ether oxygens (including phenoxy) is 1. The number of carbonyl (C=O) groups excluding carboxylic acids is 1. The summed E-state index contributed by atoms with van der Waals surface area (Å²) in [5, 5.41) is 2.68. The third kappa shape index (κ3) is 5.82. The molecule has 6 nitrogen and oxygen atoms in total. The topological polar surface area (TPSA) is 75.7 Å². The fourth-order valence-electron chi connectivity index (χ4n) is 2.90. The van der Waals surface area contributed by atoms with E-state index in [1.165, 1.54) is 24.3 Å². The Bertz CT molecular complexity index is 1100. The fourth-order valence-corrected chi connectivity index (χ4v) is 4.32. The van der Waals surface area contributed by atoms with Crippen LogP contribution in [0.3, 0.4) is 0 Å². The zero-order chi connectivity index (χ0) is 22.3. The molecule has 0 aromatic heterocycles. The molecular weight excluding hydrogens is 419 g/mol. The van der Waals surface area contributed by atoms with E-state index < -0.39 is 22.5 Å². The maximum atomic E-state index is 13.3. The summed E-state index contributed by atoms with van der Waals surface area (Å²) < 4.78 is 46.1. The van der Waals surface area contributed by atoms with E-state index in [2.05, 4.69) is 5.32 Å². The van der Waals surface area contributed by atoms with Crippen LogP contribution < -0.4 is 14.4 Å². The maximum Gasteiger partial charge on any atom is 0.264 e. The Kier molecular flexibility index (Phi) is 7.25. The molecule has 8 heteroatoms. The number of carbonyl (C=O) groups is 1. The van der Waals surface area contributed by atoms with Crippen molar-refractivity contribution in [2.24, 2.45) is 0 Å². The molecule has 0 aliphatic carbocycles. The molecular formula is C23H23FN2O4S. The van der Waals surface area contributed by atoms with Crippen molar-refractivity contribution >= 4 is 21.6 Å². The minimum Gasteiger partial charge on any atom is -0.494 e. The molecule has 0 heterocycles. The summed E-state index contributed by atoms with van der Waals surface area (Å²) >= 11 is 0. The summed E-state index contributed by atoms with van der Waals surface area (Å²) in [6.07, 6.45) is 0. The second-order valence-electron chi connectivity index (χ2n) is 6.65. The van der Waals surface area contributed by atoms with Gasteiger partial charge in [-0.3, -0.25) is 9.10 Å². The van der Waals surface area contributed by atoms with E-state index in [0.717, 1.165) is 4.31 Å². The molecule has 0 radical (unpaired) electrons. The van der Waals surface area contributed by atoms with E-state index in [9.17, 15) is 17.6 Å². The lowest BCUT2D eigenvalue weighted by Crippen LogP contribution is -2.40. The Balaban J connectivity index is 1.80. The van der Waals surface area contributed by atoms with Crippen LogP contribution in [0.25, 0.3) is 0 Å². The van der Waals surface area contributed by atoms with Crippen LogP contribution >= 0.6 is 0 Å². The smallest absolute Gasteiger partial charge is 0.264 e. The molecule has 1 N–H and O–H groups in total. The molecule has 0 bridgehead atoms. The Morgan fingerprint density at radius 3 is 2.23 bits per heavy atom. The zero-order valence-corrected chi connectivity index (χ0v) is 17.8. The number of nitrogens with one attached hydrogen (secondary N) is 1. The minimum atomic E-state index is -4.00.